The predicted molar refractivity (Wildman–Crippen MR) is 61.4 cm³/mol. The van der Waals surface area contributed by atoms with Gasteiger partial charge < -0.3 is 4.90 Å². The van der Waals surface area contributed by atoms with Crippen LogP contribution in [0.25, 0.3) is 0 Å². The van der Waals surface area contributed by atoms with E-state index in [1.54, 1.807) is 0 Å². The van der Waals surface area contributed by atoms with E-state index in [2.05, 4.69) is 39.5 Å². The highest BCUT2D eigenvalue weighted by atomic mass is 79.9. The van der Waals surface area contributed by atoms with Crippen molar-refractivity contribution in [2.75, 3.05) is 30.7 Å². The normalized spacial score (nSPS) is 26.0. The molecule has 1 nitrogen and oxygen atoms in total. The summed E-state index contributed by atoms with van der Waals surface area (Å²) in [5.41, 5.74) is 0. The van der Waals surface area contributed by atoms with Crippen LogP contribution in [-0.4, -0.2) is 40.9 Å². The Labute approximate surface area is 88.4 Å². The van der Waals surface area contributed by atoms with E-state index < -0.39 is 0 Å². The summed E-state index contributed by atoms with van der Waals surface area (Å²) in [5.74, 6) is 1.33. The summed E-state index contributed by atoms with van der Waals surface area (Å²) in [4.78, 5) is 2.60. The van der Waals surface area contributed by atoms with E-state index in [0.29, 0.717) is 0 Å². The van der Waals surface area contributed by atoms with Gasteiger partial charge in [-0.05, 0) is 19.4 Å². The molecule has 0 bridgehead atoms. The zero-order valence-corrected chi connectivity index (χ0v) is 10.2. The molecule has 0 N–H and O–H groups in total. The zero-order valence-electron chi connectivity index (χ0n) is 7.76. The largest absolute Gasteiger partial charge is 0.301 e. The molecular formula is C9H18BrNS. The molecule has 1 fully saturated rings. The van der Waals surface area contributed by atoms with Crippen LogP contribution in [0.5, 0.6) is 0 Å². The molecule has 72 valence electrons. The quantitative estimate of drug-likeness (QED) is 0.707. The highest BCUT2D eigenvalue weighted by Gasteiger charge is 2.17. The van der Waals surface area contributed by atoms with E-state index in [1.807, 2.05) is 0 Å². The lowest BCUT2D eigenvalue weighted by molar-refractivity contribution is 0.283. The van der Waals surface area contributed by atoms with Crippen LogP contribution in [0.4, 0.5) is 0 Å². The Morgan fingerprint density at radius 3 is 3.08 bits per heavy atom. The molecule has 3 heteroatoms. The van der Waals surface area contributed by atoms with Gasteiger partial charge in [0.25, 0.3) is 0 Å². The van der Waals surface area contributed by atoms with Crippen molar-refractivity contribution in [1.82, 2.24) is 4.90 Å². The summed E-state index contributed by atoms with van der Waals surface area (Å²) < 4.78 is 0. The Balaban J connectivity index is 2.16. The molecule has 0 aliphatic carbocycles. The molecule has 1 rings (SSSR count). The van der Waals surface area contributed by atoms with E-state index >= 15 is 0 Å². The summed E-state index contributed by atoms with van der Waals surface area (Å²) >= 11 is 5.62. The molecule has 0 aromatic heterocycles. The van der Waals surface area contributed by atoms with Gasteiger partial charge in [-0.25, -0.2) is 0 Å². The molecule has 1 aliphatic heterocycles. The van der Waals surface area contributed by atoms with Gasteiger partial charge in [-0.15, -0.1) is 0 Å². The maximum Gasteiger partial charge on any atom is 0.0172 e. The lowest BCUT2D eigenvalue weighted by Gasteiger charge is -2.31. The summed E-state index contributed by atoms with van der Waals surface area (Å²) in [6.45, 7) is 6.19. The second kappa shape index (κ2) is 6.28. The van der Waals surface area contributed by atoms with E-state index in [-0.39, 0.29) is 0 Å². The fraction of sp³-hybridized carbons (Fsp3) is 1.00. The molecule has 1 heterocycles. The second-order valence-corrected chi connectivity index (χ2v) is 5.45. The van der Waals surface area contributed by atoms with Crippen molar-refractivity contribution in [3.63, 3.8) is 0 Å². The van der Waals surface area contributed by atoms with Crippen LogP contribution < -0.4 is 0 Å². The van der Waals surface area contributed by atoms with E-state index in [9.17, 15) is 0 Å². The van der Waals surface area contributed by atoms with Crippen LogP contribution in [0, 0.1) is 0 Å². The van der Waals surface area contributed by atoms with Gasteiger partial charge in [0.15, 0.2) is 0 Å². The molecule has 1 aliphatic rings. The Morgan fingerprint density at radius 2 is 2.42 bits per heavy atom. The summed E-state index contributed by atoms with van der Waals surface area (Å²) in [7, 11) is 0. The third-order valence-corrected chi connectivity index (χ3v) is 4.22. The van der Waals surface area contributed by atoms with Gasteiger partial charge in [0.05, 0.1) is 0 Å². The molecule has 12 heavy (non-hydrogen) atoms. The topological polar surface area (TPSA) is 3.24 Å². The van der Waals surface area contributed by atoms with Crippen molar-refractivity contribution >= 4 is 27.7 Å². The fourth-order valence-electron chi connectivity index (χ4n) is 1.51. The number of rotatable bonds is 4. The van der Waals surface area contributed by atoms with Gasteiger partial charge in [-0.3, -0.25) is 0 Å². The van der Waals surface area contributed by atoms with Gasteiger partial charge in [-0.2, -0.15) is 11.8 Å². The van der Waals surface area contributed by atoms with Gasteiger partial charge in [0, 0.05) is 29.4 Å². The molecule has 0 radical (unpaired) electrons. The fourth-order valence-corrected chi connectivity index (χ4v) is 3.01. The highest BCUT2D eigenvalue weighted by molar-refractivity contribution is 9.09. The number of halogens is 1. The molecular weight excluding hydrogens is 234 g/mol. The van der Waals surface area contributed by atoms with Crippen LogP contribution in [-0.2, 0) is 0 Å². The first-order valence-corrected chi connectivity index (χ1v) is 6.93. The van der Waals surface area contributed by atoms with E-state index in [4.69, 9.17) is 0 Å². The summed E-state index contributed by atoms with van der Waals surface area (Å²) in [6, 6.07) is 0. The van der Waals surface area contributed by atoms with Gasteiger partial charge in [0.2, 0.25) is 0 Å². The molecule has 0 saturated carbocycles. The zero-order chi connectivity index (χ0) is 8.81. The van der Waals surface area contributed by atoms with E-state index in [1.165, 1.54) is 38.2 Å². The first-order valence-electron chi connectivity index (χ1n) is 4.76. The van der Waals surface area contributed by atoms with Crippen LogP contribution in [0.3, 0.4) is 0 Å². The minimum atomic E-state index is 0.897. The van der Waals surface area contributed by atoms with Crippen LogP contribution in [0.2, 0.25) is 0 Å². The molecule has 1 saturated heterocycles. The predicted octanol–water partition coefficient (Wildman–Crippen LogP) is 2.60. The van der Waals surface area contributed by atoms with E-state index in [0.717, 1.165) is 10.6 Å². The average Bonchev–Trinajstić information content (AvgIpc) is 2.15. The number of nitrogens with zero attached hydrogens (tertiary/aromatic N) is 1. The summed E-state index contributed by atoms with van der Waals surface area (Å²) in [5, 5.41) is 2.04. The molecule has 0 amide bonds. The molecule has 0 aromatic carbocycles. The van der Waals surface area contributed by atoms with Crippen LogP contribution in [0.15, 0.2) is 0 Å². The van der Waals surface area contributed by atoms with Crippen molar-refractivity contribution in [2.45, 2.75) is 25.0 Å². The van der Waals surface area contributed by atoms with Gasteiger partial charge in [-0.1, -0.05) is 22.9 Å². The molecule has 1 unspecified atom stereocenters. The lowest BCUT2D eigenvalue weighted by atomic mass is 10.3. The monoisotopic (exact) mass is 251 g/mol. The molecule has 0 spiro atoms. The molecule has 0 aromatic rings. The third-order valence-electron chi connectivity index (χ3n) is 2.29. The van der Waals surface area contributed by atoms with Gasteiger partial charge in [0.1, 0.15) is 0 Å². The smallest absolute Gasteiger partial charge is 0.0172 e. The minimum absolute atomic E-state index is 0.897. The average molecular weight is 252 g/mol. The number of hydrogen-bond donors (Lipinski definition) is 0. The standard InChI is InChI=1S/C9H18BrNS/c1-2-9-8-11(5-3-4-10)6-7-12-9/h9H,2-8H2,1H3. The number of thioether (sulfide) groups is 1. The Bertz CT molecular complexity index is 121. The summed E-state index contributed by atoms with van der Waals surface area (Å²) in [6.07, 6.45) is 2.62. The second-order valence-electron chi connectivity index (χ2n) is 3.24. The van der Waals surface area contributed by atoms with Crippen molar-refractivity contribution in [3.05, 3.63) is 0 Å². The van der Waals surface area contributed by atoms with Crippen molar-refractivity contribution in [3.8, 4) is 0 Å². The SMILES string of the molecule is CCC1CN(CCCBr)CCS1. The van der Waals surface area contributed by atoms with Crippen LogP contribution in [0.1, 0.15) is 19.8 Å². The number of alkyl halides is 1. The van der Waals surface area contributed by atoms with Crippen molar-refractivity contribution in [1.29, 1.82) is 0 Å². The van der Waals surface area contributed by atoms with Crippen LogP contribution >= 0.6 is 27.7 Å². The van der Waals surface area contributed by atoms with Gasteiger partial charge >= 0.3 is 0 Å². The minimum Gasteiger partial charge on any atom is -0.301 e. The number of hydrogen-bond acceptors (Lipinski definition) is 2. The Morgan fingerprint density at radius 1 is 1.58 bits per heavy atom. The maximum atomic E-state index is 3.48. The third kappa shape index (κ3) is 3.67. The Kier molecular flexibility index (Phi) is 5.68. The lowest BCUT2D eigenvalue weighted by Crippen LogP contribution is -2.38. The van der Waals surface area contributed by atoms with Crippen molar-refractivity contribution < 1.29 is 0 Å². The molecule has 1 atom stereocenters. The first kappa shape index (κ1) is 10.9. The first-order chi connectivity index (χ1) is 5.86. The van der Waals surface area contributed by atoms with Crippen molar-refractivity contribution in [2.24, 2.45) is 0 Å². The maximum absolute atomic E-state index is 3.48. The highest BCUT2D eigenvalue weighted by Crippen LogP contribution is 2.20. The Hall–Kier alpha value is 0.790.